The second-order valence-electron chi connectivity index (χ2n) is 5.27. The highest BCUT2D eigenvalue weighted by molar-refractivity contribution is 5.80. The standard InChI is InChI=1S/C17H20O5/c1-10-6-11(2-4-18)7-13(16(10)21)14-8-12(3-5-19)9-15(20)17(14)22/h6-9,18-22H,2-5H2,1H3. The van der Waals surface area contributed by atoms with Gasteiger partial charge in [-0.15, -0.1) is 0 Å². The molecular weight excluding hydrogens is 284 g/mol. The van der Waals surface area contributed by atoms with Crippen molar-refractivity contribution in [2.45, 2.75) is 19.8 Å². The number of hydrogen-bond acceptors (Lipinski definition) is 5. The Labute approximate surface area is 128 Å². The highest BCUT2D eigenvalue weighted by Crippen LogP contribution is 2.42. The minimum atomic E-state index is -0.322. The Morgan fingerprint density at radius 3 is 1.77 bits per heavy atom. The van der Waals surface area contributed by atoms with E-state index in [9.17, 15) is 15.3 Å². The van der Waals surface area contributed by atoms with Crippen molar-refractivity contribution in [2.24, 2.45) is 0 Å². The molecule has 5 nitrogen and oxygen atoms in total. The minimum absolute atomic E-state index is 0.0116. The van der Waals surface area contributed by atoms with Gasteiger partial charge in [-0.25, -0.2) is 0 Å². The summed E-state index contributed by atoms with van der Waals surface area (Å²) in [6.45, 7) is 1.62. The molecule has 22 heavy (non-hydrogen) atoms. The first-order chi connectivity index (χ1) is 10.5. The Balaban J connectivity index is 2.64. The number of aliphatic hydroxyl groups is 2. The average Bonchev–Trinajstić information content (AvgIpc) is 2.47. The van der Waals surface area contributed by atoms with Crippen LogP contribution >= 0.6 is 0 Å². The maximum Gasteiger partial charge on any atom is 0.165 e. The van der Waals surface area contributed by atoms with E-state index in [4.69, 9.17) is 10.2 Å². The molecule has 2 rings (SSSR count). The Morgan fingerprint density at radius 1 is 0.727 bits per heavy atom. The molecule has 0 spiro atoms. The summed E-state index contributed by atoms with van der Waals surface area (Å²) in [6.07, 6.45) is 0.758. The van der Waals surface area contributed by atoms with Gasteiger partial charge < -0.3 is 25.5 Å². The zero-order valence-electron chi connectivity index (χ0n) is 12.4. The van der Waals surface area contributed by atoms with Gasteiger partial charge in [0.15, 0.2) is 11.5 Å². The second kappa shape index (κ2) is 6.68. The van der Waals surface area contributed by atoms with E-state index in [0.717, 1.165) is 5.56 Å². The van der Waals surface area contributed by atoms with Crippen LogP contribution in [0.4, 0.5) is 0 Å². The van der Waals surface area contributed by atoms with Crippen LogP contribution in [-0.2, 0) is 12.8 Å². The van der Waals surface area contributed by atoms with Crippen LogP contribution in [0.5, 0.6) is 17.2 Å². The molecule has 0 saturated carbocycles. The molecule has 0 aliphatic heterocycles. The first kappa shape index (κ1) is 16.1. The summed E-state index contributed by atoms with van der Waals surface area (Å²) in [4.78, 5) is 0. The summed E-state index contributed by atoms with van der Waals surface area (Å²) >= 11 is 0. The minimum Gasteiger partial charge on any atom is -0.507 e. The largest absolute Gasteiger partial charge is 0.507 e. The molecule has 0 saturated heterocycles. The highest BCUT2D eigenvalue weighted by atomic mass is 16.3. The fourth-order valence-corrected chi connectivity index (χ4v) is 2.49. The van der Waals surface area contributed by atoms with E-state index < -0.39 is 0 Å². The third-order valence-electron chi connectivity index (χ3n) is 3.60. The number of benzene rings is 2. The summed E-state index contributed by atoms with van der Waals surface area (Å²) in [6, 6.07) is 6.46. The summed E-state index contributed by atoms with van der Waals surface area (Å²) in [5.74, 6) is -0.611. The van der Waals surface area contributed by atoms with Gasteiger partial charge in [0, 0.05) is 24.3 Å². The van der Waals surface area contributed by atoms with Crippen LogP contribution in [0.25, 0.3) is 11.1 Å². The Kier molecular flexibility index (Phi) is 4.90. The molecule has 0 fully saturated rings. The normalized spacial score (nSPS) is 10.9. The number of aliphatic hydroxyl groups excluding tert-OH is 2. The fraction of sp³-hybridized carbons (Fsp3) is 0.294. The van der Waals surface area contributed by atoms with E-state index in [1.165, 1.54) is 6.07 Å². The van der Waals surface area contributed by atoms with E-state index in [0.29, 0.717) is 35.1 Å². The van der Waals surface area contributed by atoms with E-state index in [2.05, 4.69) is 0 Å². The van der Waals surface area contributed by atoms with E-state index >= 15 is 0 Å². The van der Waals surface area contributed by atoms with Gasteiger partial charge in [0.2, 0.25) is 0 Å². The van der Waals surface area contributed by atoms with Gasteiger partial charge in [-0.05, 0) is 54.7 Å². The lowest BCUT2D eigenvalue weighted by Crippen LogP contribution is -1.95. The highest BCUT2D eigenvalue weighted by Gasteiger charge is 2.16. The average molecular weight is 304 g/mol. The van der Waals surface area contributed by atoms with Crippen molar-refractivity contribution in [1.29, 1.82) is 0 Å². The van der Waals surface area contributed by atoms with Crippen LogP contribution < -0.4 is 0 Å². The molecule has 0 atom stereocenters. The lowest BCUT2D eigenvalue weighted by atomic mass is 9.95. The van der Waals surface area contributed by atoms with Crippen LogP contribution in [-0.4, -0.2) is 38.7 Å². The van der Waals surface area contributed by atoms with Crippen molar-refractivity contribution in [3.63, 3.8) is 0 Å². The predicted molar refractivity (Wildman–Crippen MR) is 83.2 cm³/mol. The zero-order valence-corrected chi connectivity index (χ0v) is 12.4. The number of phenolic OH excluding ortho intramolecular Hbond substituents is 3. The molecule has 2 aromatic rings. The fourth-order valence-electron chi connectivity index (χ4n) is 2.49. The third kappa shape index (κ3) is 3.16. The first-order valence-electron chi connectivity index (χ1n) is 7.07. The molecule has 5 N–H and O–H groups in total. The van der Waals surface area contributed by atoms with Crippen LogP contribution in [0.1, 0.15) is 16.7 Å². The molecule has 0 unspecified atom stereocenters. The van der Waals surface area contributed by atoms with Crippen LogP contribution in [0.15, 0.2) is 24.3 Å². The van der Waals surface area contributed by atoms with Crippen LogP contribution in [0.3, 0.4) is 0 Å². The molecule has 0 aliphatic carbocycles. The number of aromatic hydroxyl groups is 3. The monoisotopic (exact) mass is 304 g/mol. The lowest BCUT2D eigenvalue weighted by Gasteiger charge is -2.14. The van der Waals surface area contributed by atoms with E-state index in [1.54, 1.807) is 25.1 Å². The topological polar surface area (TPSA) is 101 Å². The molecule has 0 aromatic heterocycles. The summed E-state index contributed by atoms with van der Waals surface area (Å²) in [5.41, 5.74) is 2.77. The van der Waals surface area contributed by atoms with Gasteiger partial charge >= 0.3 is 0 Å². The Morgan fingerprint density at radius 2 is 1.23 bits per heavy atom. The SMILES string of the molecule is Cc1cc(CCO)cc(-c2cc(CCO)cc(O)c2O)c1O. The van der Waals surface area contributed by atoms with Gasteiger partial charge in [-0.1, -0.05) is 6.07 Å². The molecule has 0 radical (unpaired) electrons. The van der Waals surface area contributed by atoms with Crippen molar-refractivity contribution >= 4 is 0 Å². The lowest BCUT2D eigenvalue weighted by molar-refractivity contribution is 0.299. The quantitative estimate of drug-likeness (QED) is 0.543. The number of hydrogen-bond donors (Lipinski definition) is 5. The molecular formula is C17H20O5. The predicted octanol–water partition coefficient (Wildman–Crippen LogP) is 1.85. The van der Waals surface area contributed by atoms with Crippen molar-refractivity contribution in [1.82, 2.24) is 0 Å². The number of aryl methyl sites for hydroxylation is 1. The Hall–Kier alpha value is -2.24. The molecule has 2 aromatic carbocycles. The summed E-state index contributed by atoms with van der Waals surface area (Å²) in [5, 5.41) is 48.3. The van der Waals surface area contributed by atoms with Gasteiger partial charge in [0.1, 0.15) is 5.75 Å². The van der Waals surface area contributed by atoms with Crippen molar-refractivity contribution in [3.8, 4) is 28.4 Å². The second-order valence-corrected chi connectivity index (χ2v) is 5.27. The summed E-state index contributed by atoms with van der Waals surface area (Å²) in [7, 11) is 0. The van der Waals surface area contributed by atoms with Gasteiger partial charge in [0.05, 0.1) is 0 Å². The molecule has 0 aliphatic rings. The summed E-state index contributed by atoms with van der Waals surface area (Å²) < 4.78 is 0. The van der Waals surface area contributed by atoms with Crippen molar-refractivity contribution < 1.29 is 25.5 Å². The van der Waals surface area contributed by atoms with Crippen LogP contribution in [0.2, 0.25) is 0 Å². The van der Waals surface area contributed by atoms with Crippen molar-refractivity contribution in [2.75, 3.05) is 13.2 Å². The molecule has 0 heterocycles. The number of phenols is 3. The molecule has 0 bridgehead atoms. The molecule has 118 valence electrons. The van der Waals surface area contributed by atoms with E-state index in [-0.39, 0.29) is 30.5 Å². The Bertz CT molecular complexity index is 620. The first-order valence-corrected chi connectivity index (χ1v) is 7.07. The van der Waals surface area contributed by atoms with Gasteiger partial charge in [-0.2, -0.15) is 0 Å². The van der Waals surface area contributed by atoms with Gasteiger partial charge in [0.25, 0.3) is 0 Å². The maximum atomic E-state index is 10.3. The smallest absolute Gasteiger partial charge is 0.165 e. The third-order valence-corrected chi connectivity index (χ3v) is 3.60. The van der Waals surface area contributed by atoms with E-state index in [1.807, 2.05) is 0 Å². The zero-order chi connectivity index (χ0) is 16.3. The van der Waals surface area contributed by atoms with Crippen molar-refractivity contribution in [3.05, 3.63) is 41.0 Å². The van der Waals surface area contributed by atoms with Crippen LogP contribution in [0, 0.1) is 6.92 Å². The maximum absolute atomic E-state index is 10.3. The number of rotatable bonds is 5. The molecule has 5 heteroatoms. The van der Waals surface area contributed by atoms with Gasteiger partial charge in [-0.3, -0.25) is 0 Å². The molecule has 0 amide bonds.